The Hall–Kier alpha value is -3.61. The Morgan fingerprint density at radius 3 is 2.62 bits per heavy atom. The number of benzene rings is 2. The zero-order valence-corrected chi connectivity index (χ0v) is 16.1. The number of hydrogen-bond acceptors (Lipinski definition) is 5. The molecule has 1 aliphatic rings. The number of nitrogens with one attached hydrogen (secondary N) is 1. The lowest BCUT2D eigenvalue weighted by Crippen LogP contribution is -2.32. The normalized spacial score (nSPS) is 15.2. The van der Waals surface area contributed by atoms with Crippen LogP contribution in [0.3, 0.4) is 0 Å². The van der Waals surface area contributed by atoms with Gasteiger partial charge in [0.05, 0.1) is 31.2 Å². The van der Waals surface area contributed by atoms with Gasteiger partial charge in [0.2, 0.25) is 0 Å². The van der Waals surface area contributed by atoms with Crippen LogP contribution in [-0.4, -0.2) is 30.0 Å². The highest BCUT2D eigenvalue weighted by Crippen LogP contribution is 2.38. The van der Waals surface area contributed by atoms with Crippen molar-refractivity contribution in [2.45, 2.75) is 12.7 Å². The number of rotatable bonds is 6. The van der Waals surface area contributed by atoms with Crippen molar-refractivity contribution < 1.29 is 18.7 Å². The van der Waals surface area contributed by atoms with E-state index in [2.05, 4.69) is 10.3 Å². The van der Waals surface area contributed by atoms with Gasteiger partial charge in [-0.3, -0.25) is 9.78 Å². The summed E-state index contributed by atoms with van der Waals surface area (Å²) in [6.07, 6.45) is 1.15. The van der Waals surface area contributed by atoms with Crippen LogP contribution in [0.25, 0.3) is 0 Å². The summed E-state index contributed by atoms with van der Waals surface area (Å²) in [4.78, 5) is 19.2. The van der Waals surface area contributed by atoms with E-state index in [-0.39, 0.29) is 11.7 Å². The van der Waals surface area contributed by atoms with Gasteiger partial charge in [-0.25, -0.2) is 4.39 Å². The Bertz CT molecular complexity index is 1040. The Labute approximate surface area is 167 Å². The number of aromatic nitrogens is 1. The first-order valence-corrected chi connectivity index (χ1v) is 9.09. The molecule has 0 radical (unpaired) electrons. The minimum Gasteiger partial charge on any atom is -0.497 e. The third-order valence-corrected chi connectivity index (χ3v) is 4.87. The summed E-state index contributed by atoms with van der Waals surface area (Å²) < 4.78 is 24.1. The third-order valence-electron chi connectivity index (χ3n) is 4.87. The second kappa shape index (κ2) is 7.79. The maximum atomic E-state index is 13.3. The van der Waals surface area contributed by atoms with Crippen molar-refractivity contribution in [2.75, 3.05) is 19.5 Å². The summed E-state index contributed by atoms with van der Waals surface area (Å²) in [7, 11) is 3.16. The second-order valence-electron chi connectivity index (χ2n) is 6.61. The molecule has 1 unspecified atom stereocenters. The molecule has 0 bridgehead atoms. The minimum atomic E-state index is -0.509. The van der Waals surface area contributed by atoms with Crippen molar-refractivity contribution in [3.8, 4) is 11.5 Å². The quantitative estimate of drug-likeness (QED) is 0.686. The van der Waals surface area contributed by atoms with Gasteiger partial charge >= 0.3 is 0 Å². The van der Waals surface area contributed by atoms with Crippen molar-refractivity contribution in [1.29, 1.82) is 0 Å². The van der Waals surface area contributed by atoms with Crippen molar-refractivity contribution in [3.63, 3.8) is 0 Å². The molecule has 0 aliphatic carbocycles. The molecule has 7 heteroatoms. The van der Waals surface area contributed by atoms with Gasteiger partial charge in [-0.15, -0.1) is 0 Å². The summed E-state index contributed by atoms with van der Waals surface area (Å²) in [6.45, 7) is 0.305. The van der Waals surface area contributed by atoms with Crippen molar-refractivity contribution in [2.24, 2.45) is 0 Å². The molecule has 148 valence electrons. The van der Waals surface area contributed by atoms with Crippen molar-refractivity contribution >= 4 is 11.6 Å². The number of methoxy groups -OCH3 is 2. The molecule has 29 heavy (non-hydrogen) atoms. The Balaban J connectivity index is 1.71. The van der Waals surface area contributed by atoms with E-state index in [0.29, 0.717) is 35.0 Å². The summed E-state index contributed by atoms with van der Waals surface area (Å²) in [5.74, 6) is 0.812. The molecule has 1 N–H and O–H groups in total. The first-order chi connectivity index (χ1) is 14.1. The average Bonchev–Trinajstić information content (AvgIpc) is 3.01. The SMILES string of the molecule is COc1ccc(OC)c(NC2c3ncccc3C(=O)N2Cc2ccc(F)cc2)c1. The van der Waals surface area contributed by atoms with Crippen molar-refractivity contribution in [1.82, 2.24) is 9.88 Å². The second-order valence-corrected chi connectivity index (χ2v) is 6.61. The number of fused-ring (bicyclic) bond motifs is 1. The van der Waals surface area contributed by atoms with Crippen LogP contribution in [0, 0.1) is 5.82 Å². The van der Waals surface area contributed by atoms with Gasteiger partial charge in [0, 0.05) is 18.8 Å². The maximum Gasteiger partial charge on any atom is 0.258 e. The fourth-order valence-electron chi connectivity index (χ4n) is 3.41. The van der Waals surface area contributed by atoms with E-state index in [9.17, 15) is 9.18 Å². The molecule has 1 aromatic heterocycles. The highest BCUT2D eigenvalue weighted by molar-refractivity contribution is 5.99. The number of halogens is 1. The number of carbonyl (C=O) groups excluding carboxylic acids is 1. The molecule has 6 nitrogen and oxygen atoms in total. The van der Waals surface area contributed by atoms with Crippen LogP contribution in [0.15, 0.2) is 60.8 Å². The van der Waals surface area contributed by atoms with Crippen LogP contribution in [0.1, 0.15) is 27.8 Å². The smallest absolute Gasteiger partial charge is 0.258 e. The molecule has 0 fully saturated rings. The average molecular weight is 393 g/mol. The number of anilines is 1. The fraction of sp³-hybridized carbons (Fsp3) is 0.182. The lowest BCUT2D eigenvalue weighted by Gasteiger charge is -2.27. The van der Waals surface area contributed by atoms with E-state index < -0.39 is 6.17 Å². The van der Waals surface area contributed by atoms with Gasteiger partial charge in [0.25, 0.3) is 5.91 Å². The van der Waals surface area contributed by atoms with E-state index in [4.69, 9.17) is 9.47 Å². The van der Waals surface area contributed by atoms with E-state index in [0.717, 1.165) is 5.56 Å². The number of hydrogen-bond donors (Lipinski definition) is 1. The van der Waals surface area contributed by atoms with E-state index in [1.807, 2.05) is 0 Å². The van der Waals surface area contributed by atoms with Crippen LogP contribution >= 0.6 is 0 Å². The van der Waals surface area contributed by atoms with Crippen LogP contribution in [0.2, 0.25) is 0 Å². The molecule has 0 saturated carbocycles. The lowest BCUT2D eigenvalue weighted by atomic mass is 10.2. The number of ether oxygens (including phenoxy) is 2. The Morgan fingerprint density at radius 2 is 1.90 bits per heavy atom. The van der Waals surface area contributed by atoms with Gasteiger partial charge in [0.1, 0.15) is 23.5 Å². The topological polar surface area (TPSA) is 63.7 Å². The standard InChI is InChI=1S/C22H20FN3O3/c1-28-16-9-10-19(29-2)18(12-16)25-21-20-17(4-3-11-24-20)22(27)26(21)13-14-5-7-15(23)8-6-14/h3-12,21,25H,13H2,1-2H3. The zero-order valence-electron chi connectivity index (χ0n) is 16.1. The molecule has 2 heterocycles. The molecule has 1 atom stereocenters. The van der Waals surface area contributed by atoms with Gasteiger partial charge in [-0.1, -0.05) is 12.1 Å². The Morgan fingerprint density at radius 1 is 1.10 bits per heavy atom. The first kappa shape index (κ1) is 18.7. The molecule has 4 rings (SSSR count). The molecule has 0 spiro atoms. The number of nitrogens with zero attached hydrogens (tertiary/aromatic N) is 2. The monoisotopic (exact) mass is 393 g/mol. The summed E-state index contributed by atoms with van der Waals surface area (Å²) in [5.41, 5.74) is 2.66. The van der Waals surface area contributed by atoms with E-state index >= 15 is 0 Å². The number of carbonyl (C=O) groups is 1. The maximum absolute atomic E-state index is 13.3. The van der Waals surface area contributed by atoms with Gasteiger partial charge in [-0.2, -0.15) is 0 Å². The highest BCUT2D eigenvalue weighted by Gasteiger charge is 2.38. The van der Waals surface area contributed by atoms with Gasteiger partial charge < -0.3 is 19.7 Å². The molecule has 1 amide bonds. The van der Waals surface area contributed by atoms with Gasteiger partial charge in [0.15, 0.2) is 0 Å². The molecular weight excluding hydrogens is 373 g/mol. The molecule has 0 saturated heterocycles. The summed E-state index contributed by atoms with van der Waals surface area (Å²) in [6, 6.07) is 15.0. The summed E-state index contributed by atoms with van der Waals surface area (Å²) in [5, 5.41) is 3.37. The van der Waals surface area contributed by atoms with Crippen LogP contribution in [0.4, 0.5) is 10.1 Å². The van der Waals surface area contributed by atoms with E-state index in [1.165, 1.54) is 12.1 Å². The number of pyridine rings is 1. The zero-order chi connectivity index (χ0) is 20.4. The van der Waals surface area contributed by atoms with Gasteiger partial charge in [-0.05, 0) is 42.0 Å². The summed E-state index contributed by atoms with van der Waals surface area (Å²) >= 11 is 0. The number of amides is 1. The fourth-order valence-corrected chi connectivity index (χ4v) is 3.41. The van der Waals surface area contributed by atoms with Crippen molar-refractivity contribution in [3.05, 3.63) is 83.4 Å². The van der Waals surface area contributed by atoms with Crippen LogP contribution in [-0.2, 0) is 6.54 Å². The molecule has 3 aromatic rings. The lowest BCUT2D eigenvalue weighted by molar-refractivity contribution is 0.0727. The molecule has 1 aliphatic heterocycles. The van der Waals surface area contributed by atoms with E-state index in [1.54, 1.807) is 67.8 Å². The predicted octanol–water partition coefficient (Wildman–Crippen LogP) is 4.00. The molecule has 2 aromatic carbocycles. The van der Waals surface area contributed by atoms with Crippen LogP contribution < -0.4 is 14.8 Å². The largest absolute Gasteiger partial charge is 0.497 e. The molecular formula is C22H20FN3O3. The first-order valence-electron chi connectivity index (χ1n) is 9.09. The third kappa shape index (κ3) is 3.59. The van der Waals surface area contributed by atoms with Crippen LogP contribution in [0.5, 0.6) is 11.5 Å². The Kier molecular flexibility index (Phi) is 5.03. The minimum absolute atomic E-state index is 0.142. The highest BCUT2D eigenvalue weighted by atomic mass is 19.1. The predicted molar refractivity (Wildman–Crippen MR) is 106 cm³/mol.